The molecule has 1 aromatic heterocycles. The Kier molecular flexibility index (Phi) is 5.16. The molecule has 1 saturated carbocycles. The van der Waals surface area contributed by atoms with E-state index in [-0.39, 0.29) is 0 Å². The number of piperidine rings is 1. The first-order chi connectivity index (χ1) is 12.2. The van der Waals surface area contributed by atoms with Crippen molar-refractivity contribution in [1.82, 2.24) is 10.1 Å². The number of likely N-dealkylation sites (tertiary alicyclic amines) is 1. The molecule has 3 heterocycles. The van der Waals surface area contributed by atoms with E-state index in [0.717, 1.165) is 63.4 Å². The van der Waals surface area contributed by atoms with E-state index in [1.807, 2.05) is 13.8 Å². The minimum absolute atomic E-state index is 0.428. The van der Waals surface area contributed by atoms with Crippen molar-refractivity contribution in [3.05, 3.63) is 17.0 Å². The molecule has 1 aliphatic carbocycles. The minimum Gasteiger partial charge on any atom is -0.381 e. The Morgan fingerprint density at radius 2 is 1.96 bits per heavy atom. The van der Waals surface area contributed by atoms with Gasteiger partial charge in [-0.1, -0.05) is 5.16 Å². The molecular weight excluding hydrogens is 316 g/mol. The third-order valence-electron chi connectivity index (χ3n) is 6.71. The summed E-state index contributed by atoms with van der Waals surface area (Å²) in [5.41, 5.74) is 2.74. The van der Waals surface area contributed by atoms with E-state index in [2.05, 4.69) is 10.1 Å². The Morgan fingerprint density at radius 3 is 2.64 bits per heavy atom. The Hall–Kier alpha value is -0.910. The number of aryl methyl sites for hydroxylation is 2. The van der Waals surface area contributed by atoms with Crippen LogP contribution in [0.3, 0.4) is 0 Å². The summed E-state index contributed by atoms with van der Waals surface area (Å²) < 4.78 is 17.2. The van der Waals surface area contributed by atoms with Gasteiger partial charge in [-0.3, -0.25) is 4.90 Å². The summed E-state index contributed by atoms with van der Waals surface area (Å²) in [6.07, 6.45) is 6.45. The van der Waals surface area contributed by atoms with E-state index >= 15 is 0 Å². The van der Waals surface area contributed by atoms with Crippen LogP contribution in [0.2, 0.25) is 0 Å². The average Bonchev–Trinajstić information content (AvgIpc) is 3.40. The first-order valence-corrected chi connectivity index (χ1v) is 9.96. The van der Waals surface area contributed by atoms with E-state index in [0.29, 0.717) is 11.3 Å². The lowest BCUT2D eigenvalue weighted by molar-refractivity contribution is -0.101. The Morgan fingerprint density at radius 1 is 1.16 bits per heavy atom. The van der Waals surface area contributed by atoms with Crippen molar-refractivity contribution < 1.29 is 14.0 Å². The highest BCUT2D eigenvalue weighted by atomic mass is 16.5. The van der Waals surface area contributed by atoms with Crippen LogP contribution >= 0.6 is 0 Å². The van der Waals surface area contributed by atoms with Gasteiger partial charge >= 0.3 is 0 Å². The molecule has 0 aromatic carbocycles. The molecule has 3 aliphatic rings. The SMILES string of the molecule is Cc1noc(C)c1CN1CCC2(CCOCC2COCC2CC2)CC1. The number of rotatable bonds is 6. The second-order valence-electron chi connectivity index (χ2n) is 8.44. The molecule has 1 aromatic rings. The molecule has 25 heavy (non-hydrogen) atoms. The van der Waals surface area contributed by atoms with Gasteiger partial charge in [-0.25, -0.2) is 0 Å². The minimum atomic E-state index is 0.428. The molecule has 4 rings (SSSR count). The number of aromatic nitrogens is 1. The summed E-state index contributed by atoms with van der Waals surface area (Å²) in [5.74, 6) is 2.38. The maximum absolute atomic E-state index is 6.05. The number of hydrogen-bond acceptors (Lipinski definition) is 5. The van der Waals surface area contributed by atoms with Crippen molar-refractivity contribution in [2.24, 2.45) is 17.3 Å². The van der Waals surface area contributed by atoms with Gasteiger partial charge in [-0.15, -0.1) is 0 Å². The third-order valence-corrected chi connectivity index (χ3v) is 6.71. The van der Waals surface area contributed by atoms with Crippen molar-refractivity contribution in [1.29, 1.82) is 0 Å². The maximum Gasteiger partial charge on any atom is 0.138 e. The fourth-order valence-corrected chi connectivity index (χ4v) is 4.53. The van der Waals surface area contributed by atoms with Crippen LogP contribution in [0.25, 0.3) is 0 Å². The summed E-state index contributed by atoms with van der Waals surface area (Å²) in [4.78, 5) is 2.56. The predicted molar refractivity (Wildman–Crippen MR) is 95.4 cm³/mol. The van der Waals surface area contributed by atoms with Crippen LogP contribution in [-0.2, 0) is 16.0 Å². The van der Waals surface area contributed by atoms with Gasteiger partial charge in [-0.05, 0) is 70.4 Å². The molecule has 2 aliphatic heterocycles. The predicted octanol–water partition coefficient (Wildman–Crippen LogP) is 3.34. The van der Waals surface area contributed by atoms with Gasteiger partial charge < -0.3 is 14.0 Å². The molecule has 140 valence electrons. The van der Waals surface area contributed by atoms with Crippen molar-refractivity contribution in [3.8, 4) is 0 Å². The standard InChI is InChI=1S/C20H32N2O3/c1-15-19(16(2)25-21-15)11-22-8-5-20(6-9-22)7-10-23-13-18(20)14-24-12-17-3-4-17/h17-18H,3-14H2,1-2H3. The van der Waals surface area contributed by atoms with E-state index in [9.17, 15) is 0 Å². The lowest BCUT2D eigenvalue weighted by atomic mass is 9.66. The van der Waals surface area contributed by atoms with Gasteiger partial charge in [0.25, 0.3) is 0 Å². The first kappa shape index (κ1) is 17.5. The van der Waals surface area contributed by atoms with Gasteiger partial charge in [0.15, 0.2) is 0 Å². The molecular formula is C20H32N2O3. The van der Waals surface area contributed by atoms with Crippen molar-refractivity contribution in [3.63, 3.8) is 0 Å². The highest BCUT2D eigenvalue weighted by Gasteiger charge is 2.43. The zero-order valence-electron chi connectivity index (χ0n) is 15.8. The van der Waals surface area contributed by atoms with Crippen LogP contribution < -0.4 is 0 Å². The van der Waals surface area contributed by atoms with Crippen LogP contribution in [0.5, 0.6) is 0 Å². The molecule has 1 unspecified atom stereocenters. The Balaban J connectivity index is 1.33. The number of nitrogens with zero attached hydrogens (tertiary/aromatic N) is 2. The molecule has 5 nitrogen and oxygen atoms in total. The average molecular weight is 348 g/mol. The summed E-state index contributed by atoms with van der Waals surface area (Å²) in [6, 6.07) is 0. The van der Waals surface area contributed by atoms with Crippen molar-refractivity contribution in [2.45, 2.75) is 52.5 Å². The second-order valence-corrected chi connectivity index (χ2v) is 8.44. The summed E-state index contributed by atoms with van der Waals surface area (Å²) >= 11 is 0. The van der Waals surface area contributed by atoms with Gasteiger partial charge in [0.2, 0.25) is 0 Å². The monoisotopic (exact) mass is 348 g/mol. The van der Waals surface area contributed by atoms with Crippen molar-refractivity contribution >= 4 is 0 Å². The summed E-state index contributed by atoms with van der Waals surface area (Å²) in [5, 5.41) is 4.10. The van der Waals surface area contributed by atoms with Gasteiger partial charge in [0.05, 0.1) is 18.9 Å². The van der Waals surface area contributed by atoms with Gasteiger partial charge in [0, 0.05) is 31.2 Å². The second kappa shape index (κ2) is 7.37. The van der Waals surface area contributed by atoms with Gasteiger partial charge in [0.1, 0.15) is 5.76 Å². The lowest BCUT2D eigenvalue weighted by Gasteiger charge is -2.49. The maximum atomic E-state index is 6.05. The Bertz CT molecular complexity index is 554. The van der Waals surface area contributed by atoms with Crippen LogP contribution in [0.1, 0.15) is 49.1 Å². The van der Waals surface area contributed by atoms with Crippen molar-refractivity contribution in [2.75, 3.05) is 39.5 Å². The van der Waals surface area contributed by atoms with E-state index in [4.69, 9.17) is 14.0 Å². The lowest BCUT2D eigenvalue weighted by Crippen LogP contribution is -2.49. The van der Waals surface area contributed by atoms with Crippen LogP contribution in [0.15, 0.2) is 4.52 Å². The largest absolute Gasteiger partial charge is 0.381 e. The molecule has 2 saturated heterocycles. The van der Waals surface area contributed by atoms with Crippen LogP contribution in [-0.4, -0.2) is 49.6 Å². The van der Waals surface area contributed by atoms with E-state index in [1.54, 1.807) is 0 Å². The molecule has 1 atom stereocenters. The van der Waals surface area contributed by atoms with Crippen LogP contribution in [0.4, 0.5) is 0 Å². The first-order valence-electron chi connectivity index (χ1n) is 9.96. The Labute approximate surface area is 151 Å². The number of hydrogen-bond donors (Lipinski definition) is 0. The topological polar surface area (TPSA) is 47.7 Å². The summed E-state index contributed by atoms with van der Waals surface area (Å²) in [7, 11) is 0. The zero-order chi connectivity index (χ0) is 17.3. The molecule has 5 heteroatoms. The van der Waals surface area contributed by atoms with Gasteiger partial charge in [-0.2, -0.15) is 0 Å². The highest BCUT2D eigenvalue weighted by Crippen LogP contribution is 2.45. The van der Waals surface area contributed by atoms with E-state index in [1.165, 1.54) is 37.7 Å². The third kappa shape index (κ3) is 3.93. The van der Waals surface area contributed by atoms with Crippen LogP contribution in [0, 0.1) is 31.1 Å². The zero-order valence-corrected chi connectivity index (χ0v) is 15.8. The normalized spacial score (nSPS) is 27.0. The molecule has 0 radical (unpaired) electrons. The molecule has 0 bridgehead atoms. The summed E-state index contributed by atoms with van der Waals surface area (Å²) in [6.45, 7) is 11.0. The fourth-order valence-electron chi connectivity index (χ4n) is 4.53. The fraction of sp³-hybridized carbons (Fsp3) is 0.850. The molecule has 3 fully saturated rings. The molecule has 0 N–H and O–H groups in total. The quantitative estimate of drug-likeness (QED) is 0.789. The molecule has 1 spiro atoms. The van der Waals surface area contributed by atoms with E-state index < -0.39 is 0 Å². The highest BCUT2D eigenvalue weighted by molar-refractivity contribution is 5.20. The number of ether oxygens (including phenoxy) is 2. The molecule has 0 amide bonds. The smallest absolute Gasteiger partial charge is 0.138 e.